The summed E-state index contributed by atoms with van der Waals surface area (Å²) in [6.07, 6.45) is 3.67. The van der Waals surface area contributed by atoms with Gasteiger partial charge in [0.05, 0.1) is 0 Å². The average Bonchev–Trinajstić information content (AvgIpc) is 2.45. The molecule has 1 N–H and O–H groups in total. The maximum absolute atomic E-state index is 13.9. The Morgan fingerprint density at radius 2 is 1.67 bits per heavy atom. The second-order valence-corrected chi connectivity index (χ2v) is 5.65. The summed E-state index contributed by atoms with van der Waals surface area (Å²) in [5, 5.41) is 2.75. The molecule has 1 heterocycles. The van der Waals surface area contributed by atoms with Crippen molar-refractivity contribution in [2.75, 3.05) is 11.4 Å². The van der Waals surface area contributed by atoms with Crippen molar-refractivity contribution >= 4 is 17.5 Å². The first-order chi connectivity index (χ1) is 10.0. The number of nitrogens with zero attached hydrogens (tertiary/aromatic N) is 1. The number of hydrogen-bond acceptors (Lipinski definition) is 2. The van der Waals surface area contributed by atoms with E-state index in [0.717, 1.165) is 36.3 Å². The summed E-state index contributed by atoms with van der Waals surface area (Å²) in [5.74, 6) is -2.45. The van der Waals surface area contributed by atoms with Crippen LogP contribution in [0.15, 0.2) is 18.2 Å². The summed E-state index contributed by atoms with van der Waals surface area (Å²) < 4.78 is 27.9. The van der Waals surface area contributed by atoms with Crippen LogP contribution in [-0.2, 0) is 9.59 Å². The van der Waals surface area contributed by atoms with Crippen molar-refractivity contribution in [1.82, 2.24) is 5.32 Å². The van der Waals surface area contributed by atoms with Gasteiger partial charge in [0.1, 0.15) is 29.4 Å². The Hall–Kier alpha value is -1.98. The first-order valence-corrected chi connectivity index (χ1v) is 7.10. The van der Waals surface area contributed by atoms with Gasteiger partial charge in [0.15, 0.2) is 0 Å². The summed E-state index contributed by atoms with van der Waals surface area (Å²) in [6.45, 7) is -0.349. The number of anilines is 1. The number of halogens is 2. The lowest BCUT2D eigenvalue weighted by molar-refractivity contribution is -0.137. The Morgan fingerprint density at radius 3 is 2.29 bits per heavy atom. The summed E-state index contributed by atoms with van der Waals surface area (Å²) in [4.78, 5) is 25.6. The molecule has 112 valence electrons. The molecule has 1 aromatic carbocycles. The zero-order chi connectivity index (χ0) is 15.0. The minimum Gasteiger partial charge on any atom is -0.340 e. The van der Waals surface area contributed by atoms with Crippen LogP contribution in [0.5, 0.6) is 0 Å². The van der Waals surface area contributed by atoms with E-state index in [9.17, 15) is 18.4 Å². The van der Waals surface area contributed by atoms with Crippen LogP contribution in [0.1, 0.15) is 32.1 Å². The van der Waals surface area contributed by atoms with Gasteiger partial charge in [0.25, 0.3) is 5.91 Å². The zero-order valence-corrected chi connectivity index (χ0v) is 11.5. The van der Waals surface area contributed by atoms with Gasteiger partial charge < -0.3 is 5.32 Å². The van der Waals surface area contributed by atoms with Gasteiger partial charge in [-0.3, -0.25) is 14.5 Å². The second kappa shape index (κ2) is 5.09. The van der Waals surface area contributed by atoms with Gasteiger partial charge in [-0.1, -0.05) is 25.3 Å². The number of carbonyl (C=O) groups is 2. The highest BCUT2D eigenvalue weighted by Gasteiger charge is 2.48. The van der Waals surface area contributed by atoms with Gasteiger partial charge in [-0.15, -0.1) is 0 Å². The first-order valence-electron chi connectivity index (χ1n) is 7.10. The van der Waals surface area contributed by atoms with Gasteiger partial charge >= 0.3 is 0 Å². The monoisotopic (exact) mass is 294 g/mol. The molecule has 21 heavy (non-hydrogen) atoms. The van der Waals surface area contributed by atoms with Crippen LogP contribution in [-0.4, -0.2) is 23.9 Å². The summed E-state index contributed by atoms with van der Waals surface area (Å²) in [6, 6.07) is 3.41. The van der Waals surface area contributed by atoms with Gasteiger partial charge in [0, 0.05) is 0 Å². The van der Waals surface area contributed by atoms with E-state index in [2.05, 4.69) is 5.32 Å². The third-order valence-electron chi connectivity index (χ3n) is 4.25. The Bertz CT molecular complexity index is 577. The molecule has 1 aromatic rings. The molecule has 2 aliphatic rings. The minimum absolute atomic E-state index is 0.349. The van der Waals surface area contributed by atoms with Crippen LogP contribution in [0.3, 0.4) is 0 Å². The first kappa shape index (κ1) is 14.0. The molecule has 1 spiro atoms. The van der Waals surface area contributed by atoms with Crippen LogP contribution in [0, 0.1) is 11.6 Å². The molecule has 4 nitrogen and oxygen atoms in total. The van der Waals surface area contributed by atoms with Crippen molar-refractivity contribution in [3.8, 4) is 0 Å². The largest absolute Gasteiger partial charge is 0.340 e. The standard InChI is InChI=1S/C15H16F2N2O2/c16-10-5-4-6-11(17)13(10)19-9-12(20)18-15(14(19)21)7-2-1-3-8-15/h4-6H,1-3,7-9H2,(H,18,20). The highest BCUT2D eigenvalue weighted by Crippen LogP contribution is 2.35. The third-order valence-corrected chi connectivity index (χ3v) is 4.25. The molecule has 1 aliphatic heterocycles. The van der Waals surface area contributed by atoms with Crippen LogP contribution < -0.4 is 10.2 Å². The maximum atomic E-state index is 13.9. The van der Waals surface area contributed by atoms with E-state index in [-0.39, 0.29) is 12.5 Å². The fraction of sp³-hybridized carbons (Fsp3) is 0.467. The van der Waals surface area contributed by atoms with Gasteiger partial charge in [-0.05, 0) is 25.0 Å². The predicted octanol–water partition coefficient (Wildman–Crippen LogP) is 2.13. The van der Waals surface area contributed by atoms with E-state index in [1.54, 1.807) is 0 Å². The van der Waals surface area contributed by atoms with Gasteiger partial charge in [-0.25, -0.2) is 8.78 Å². The molecule has 3 rings (SSSR count). The Balaban J connectivity index is 2.02. The molecule has 0 unspecified atom stereocenters. The van der Waals surface area contributed by atoms with Gasteiger partial charge in [0.2, 0.25) is 5.91 Å². The number of para-hydroxylation sites is 1. The molecule has 0 atom stereocenters. The molecule has 0 bridgehead atoms. The molecule has 0 radical (unpaired) electrons. The van der Waals surface area contributed by atoms with E-state index in [1.807, 2.05) is 0 Å². The zero-order valence-electron chi connectivity index (χ0n) is 11.5. The predicted molar refractivity (Wildman–Crippen MR) is 72.7 cm³/mol. The van der Waals surface area contributed by atoms with Crippen molar-refractivity contribution in [1.29, 1.82) is 0 Å². The molecule has 1 aliphatic carbocycles. The number of amides is 2. The molecule has 1 saturated heterocycles. The van der Waals surface area contributed by atoms with Crippen molar-refractivity contribution < 1.29 is 18.4 Å². The molecular weight excluding hydrogens is 278 g/mol. The maximum Gasteiger partial charge on any atom is 0.253 e. The van der Waals surface area contributed by atoms with Crippen LogP contribution in [0.2, 0.25) is 0 Å². The van der Waals surface area contributed by atoms with Crippen molar-refractivity contribution in [2.45, 2.75) is 37.6 Å². The lowest BCUT2D eigenvalue weighted by Crippen LogP contribution is -2.67. The number of nitrogens with one attached hydrogen (secondary N) is 1. The van der Waals surface area contributed by atoms with Crippen LogP contribution in [0.25, 0.3) is 0 Å². The van der Waals surface area contributed by atoms with E-state index in [4.69, 9.17) is 0 Å². The molecule has 1 saturated carbocycles. The molecule has 2 fully saturated rings. The molecule has 6 heteroatoms. The van der Waals surface area contributed by atoms with Crippen LogP contribution >= 0.6 is 0 Å². The minimum atomic E-state index is -0.998. The van der Waals surface area contributed by atoms with Crippen molar-refractivity contribution in [2.24, 2.45) is 0 Å². The number of hydrogen-bond donors (Lipinski definition) is 1. The highest BCUT2D eigenvalue weighted by molar-refractivity contribution is 6.09. The van der Waals surface area contributed by atoms with Crippen LogP contribution in [0.4, 0.5) is 14.5 Å². The number of rotatable bonds is 1. The van der Waals surface area contributed by atoms with E-state index in [1.165, 1.54) is 6.07 Å². The Labute approximate surface area is 121 Å². The Kier molecular flexibility index (Phi) is 3.39. The average molecular weight is 294 g/mol. The quantitative estimate of drug-likeness (QED) is 0.862. The lowest BCUT2D eigenvalue weighted by atomic mass is 9.79. The number of carbonyl (C=O) groups excluding carboxylic acids is 2. The summed E-state index contributed by atoms with van der Waals surface area (Å²) in [5.41, 5.74) is -1.43. The summed E-state index contributed by atoms with van der Waals surface area (Å²) in [7, 11) is 0. The molecule has 2 amide bonds. The SMILES string of the molecule is O=C1CN(c2c(F)cccc2F)C(=O)C2(CCCCC2)N1. The number of benzene rings is 1. The van der Waals surface area contributed by atoms with E-state index < -0.39 is 28.8 Å². The second-order valence-electron chi connectivity index (χ2n) is 5.65. The molecular formula is C15H16F2N2O2. The van der Waals surface area contributed by atoms with E-state index >= 15 is 0 Å². The highest BCUT2D eigenvalue weighted by atomic mass is 19.1. The topological polar surface area (TPSA) is 49.4 Å². The van der Waals surface area contributed by atoms with Crippen molar-refractivity contribution in [3.63, 3.8) is 0 Å². The third kappa shape index (κ3) is 2.28. The van der Waals surface area contributed by atoms with E-state index in [0.29, 0.717) is 12.8 Å². The lowest BCUT2D eigenvalue weighted by Gasteiger charge is -2.44. The Morgan fingerprint density at radius 1 is 1.05 bits per heavy atom. The number of piperazine rings is 1. The van der Waals surface area contributed by atoms with Crippen molar-refractivity contribution in [3.05, 3.63) is 29.8 Å². The summed E-state index contributed by atoms with van der Waals surface area (Å²) >= 11 is 0. The molecule has 0 aromatic heterocycles. The smallest absolute Gasteiger partial charge is 0.253 e. The fourth-order valence-corrected chi connectivity index (χ4v) is 3.26. The normalized spacial score (nSPS) is 21.5. The van der Waals surface area contributed by atoms with Gasteiger partial charge in [-0.2, -0.15) is 0 Å². The fourth-order valence-electron chi connectivity index (χ4n) is 3.26.